The Morgan fingerprint density at radius 3 is 2.83 bits per heavy atom. The first-order chi connectivity index (χ1) is 14.2. The van der Waals surface area contributed by atoms with Crippen LogP contribution in [0.15, 0.2) is 71.5 Å². The summed E-state index contributed by atoms with van der Waals surface area (Å²) in [5.41, 5.74) is 6.61. The molecule has 3 aromatic rings. The van der Waals surface area contributed by atoms with Gasteiger partial charge in [-0.15, -0.1) is 0 Å². The maximum absolute atomic E-state index is 13.0. The molecule has 2 unspecified atom stereocenters. The number of hydrazine groups is 1. The Balaban J connectivity index is 1.29. The van der Waals surface area contributed by atoms with E-state index in [1.165, 1.54) is 5.56 Å². The molecule has 0 saturated carbocycles. The molecule has 3 heterocycles. The summed E-state index contributed by atoms with van der Waals surface area (Å²) in [7, 11) is 0. The number of benzene rings is 2. The van der Waals surface area contributed by atoms with Crippen molar-refractivity contribution in [3.05, 3.63) is 84.0 Å². The van der Waals surface area contributed by atoms with E-state index in [0.717, 1.165) is 11.1 Å². The Labute approximate surface area is 168 Å². The van der Waals surface area contributed by atoms with Gasteiger partial charge in [-0.3, -0.25) is 4.79 Å². The number of rotatable bonds is 4. The minimum absolute atomic E-state index is 0.0220. The molecule has 1 fully saturated rings. The molecule has 2 aliphatic heterocycles. The summed E-state index contributed by atoms with van der Waals surface area (Å²) in [4.78, 5) is 19.1. The second kappa shape index (κ2) is 7.18. The third kappa shape index (κ3) is 3.40. The molecule has 2 atom stereocenters. The molecule has 0 spiro atoms. The van der Waals surface area contributed by atoms with Gasteiger partial charge in [0.15, 0.2) is 0 Å². The number of aromatic nitrogens is 2. The van der Waals surface area contributed by atoms with Gasteiger partial charge in [-0.05, 0) is 25.0 Å². The molecule has 146 valence electrons. The van der Waals surface area contributed by atoms with Gasteiger partial charge in [0.05, 0.1) is 6.04 Å². The molecule has 7 nitrogen and oxygen atoms in total. The zero-order chi connectivity index (χ0) is 19.8. The maximum Gasteiger partial charge on any atom is 0.251 e. The van der Waals surface area contributed by atoms with Gasteiger partial charge in [-0.2, -0.15) is 4.98 Å². The second-order valence-corrected chi connectivity index (χ2v) is 7.40. The number of amides is 1. The summed E-state index contributed by atoms with van der Waals surface area (Å²) in [6, 6.07) is 18.0. The quantitative estimate of drug-likeness (QED) is 0.741. The van der Waals surface area contributed by atoms with E-state index in [9.17, 15) is 4.79 Å². The zero-order valence-electron chi connectivity index (χ0n) is 16.0. The van der Waals surface area contributed by atoms with Gasteiger partial charge >= 0.3 is 0 Å². The fourth-order valence-electron chi connectivity index (χ4n) is 3.84. The first-order valence-corrected chi connectivity index (χ1v) is 9.65. The molecular weight excluding hydrogens is 366 g/mol. The van der Waals surface area contributed by atoms with Crippen LogP contribution in [0, 0.1) is 6.92 Å². The van der Waals surface area contributed by atoms with E-state index in [1.54, 1.807) is 11.1 Å². The minimum Gasteiger partial charge on any atom is -0.337 e. The molecule has 1 saturated heterocycles. The van der Waals surface area contributed by atoms with Gasteiger partial charge < -0.3 is 14.4 Å². The first kappa shape index (κ1) is 17.6. The van der Waals surface area contributed by atoms with Gasteiger partial charge in [0.25, 0.3) is 5.91 Å². The van der Waals surface area contributed by atoms with Crippen molar-refractivity contribution in [2.24, 2.45) is 0 Å². The third-order valence-electron chi connectivity index (χ3n) is 5.33. The lowest BCUT2D eigenvalue weighted by Crippen LogP contribution is -2.47. The second-order valence-electron chi connectivity index (χ2n) is 7.40. The van der Waals surface area contributed by atoms with Crippen molar-refractivity contribution in [3.63, 3.8) is 0 Å². The van der Waals surface area contributed by atoms with Gasteiger partial charge in [0, 0.05) is 18.0 Å². The average molecular weight is 387 g/mol. The molecule has 1 amide bonds. The Morgan fingerprint density at radius 2 is 2.00 bits per heavy atom. The molecule has 1 N–H and O–H groups in total. The van der Waals surface area contributed by atoms with Gasteiger partial charge in [-0.1, -0.05) is 59.3 Å². The molecule has 7 heteroatoms. The van der Waals surface area contributed by atoms with Crippen LogP contribution < -0.4 is 5.43 Å². The summed E-state index contributed by atoms with van der Waals surface area (Å²) in [6.07, 6.45) is 4.37. The fraction of sp³-hybridized carbons (Fsp3) is 0.227. The van der Waals surface area contributed by atoms with Crippen molar-refractivity contribution in [2.75, 3.05) is 0 Å². The van der Waals surface area contributed by atoms with Crippen molar-refractivity contribution in [1.29, 1.82) is 0 Å². The number of carbonyl (C=O) groups excluding carboxylic acids is 1. The van der Waals surface area contributed by atoms with Crippen LogP contribution in [-0.2, 0) is 11.3 Å². The molecule has 29 heavy (non-hydrogen) atoms. The van der Waals surface area contributed by atoms with Crippen molar-refractivity contribution in [2.45, 2.75) is 32.0 Å². The van der Waals surface area contributed by atoms with Gasteiger partial charge in [0.1, 0.15) is 12.6 Å². The highest BCUT2D eigenvalue weighted by molar-refractivity contribution is 5.84. The van der Waals surface area contributed by atoms with E-state index < -0.39 is 0 Å². The number of nitrogens with zero attached hydrogens (tertiary/aromatic N) is 4. The Morgan fingerprint density at radius 1 is 1.14 bits per heavy atom. The normalized spacial score (nSPS) is 20.9. The number of carbonyl (C=O) groups is 1. The maximum atomic E-state index is 13.0. The molecule has 0 radical (unpaired) electrons. The summed E-state index contributed by atoms with van der Waals surface area (Å²) < 4.78 is 5.39. The topological polar surface area (TPSA) is 74.5 Å². The van der Waals surface area contributed by atoms with E-state index in [2.05, 4.69) is 27.7 Å². The SMILES string of the molecule is Cc1cccc(-c2noc(CN3C=CN4NC(c5ccccc5)CC4C3=O)n2)c1. The van der Waals surface area contributed by atoms with Crippen molar-refractivity contribution in [1.82, 2.24) is 25.5 Å². The molecule has 5 rings (SSSR count). The predicted octanol–water partition coefficient (Wildman–Crippen LogP) is 3.18. The Kier molecular flexibility index (Phi) is 4.37. The molecule has 2 aliphatic rings. The van der Waals surface area contributed by atoms with Crippen LogP contribution in [0.5, 0.6) is 0 Å². The molecule has 0 aliphatic carbocycles. The first-order valence-electron chi connectivity index (χ1n) is 9.65. The highest BCUT2D eigenvalue weighted by Gasteiger charge is 2.40. The summed E-state index contributed by atoms with van der Waals surface area (Å²) in [6.45, 7) is 2.28. The van der Waals surface area contributed by atoms with Crippen LogP contribution >= 0.6 is 0 Å². The molecule has 1 aromatic heterocycles. The Bertz CT molecular complexity index is 1060. The van der Waals surface area contributed by atoms with Gasteiger partial charge in [-0.25, -0.2) is 5.43 Å². The van der Waals surface area contributed by atoms with Crippen molar-refractivity contribution in [3.8, 4) is 11.4 Å². The minimum atomic E-state index is -0.246. The number of hydrogen-bond donors (Lipinski definition) is 1. The van der Waals surface area contributed by atoms with Gasteiger partial charge in [0.2, 0.25) is 11.7 Å². The van der Waals surface area contributed by atoms with E-state index in [0.29, 0.717) is 18.1 Å². The molecule has 2 aromatic carbocycles. The van der Waals surface area contributed by atoms with Crippen molar-refractivity contribution < 1.29 is 9.32 Å². The standard InChI is InChI=1S/C22H21N5O2/c1-15-6-5-9-17(12-15)21-23-20(29-25-21)14-26-10-11-27-19(22(26)28)13-18(24-27)16-7-3-2-4-8-16/h2-12,18-19,24H,13-14H2,1H3. The molecule has 0 bridgehead atoms. The lowest BCUT2D eigenvalue weighted by atomic mass is 10.0. The van der Waals surface area contributed by atoms with Crippen LogP contribution in [-0.4, -0.2) is 32.0 Å². The van der Waals surface area contributed by atoms with E-state index in [1.807, 2.05) is 60.6 Å². The number of aryl methyl sites for hydroxylation is 1. The average Bonchev–Trinajstić information content (AvgIpc) is 3.39. The fourth-order valence-corrected chi connectivity index (χ4v) is 3.84. The van der Waals surface area contributed by atoms with E-state index in [4.69, 9.17) is 4.52 Å². The van der Waals surface area contributed by atoms with Crippen LogP contribution in [0.2, 0.25) is 0 Å². The lowest BCUT2D eigenvalue weighted by Gasteiger charge is -2.30. The molecular formula is C22H21N5O2. The largest absolute Gasteiger partial charge is 0.337 e. The van der Waals surface area contributed by atoms with Crippen molar-refractivity contribution >= 4 is 5.91 Å². The van der Waals surface area contributed by atoms with Crippen LogP contribution in [0.25, 0.3) is 11.4 Å². The summed E-state index contributed by atoms with van der Waals surface area (Å²) in [5.74, 6) is 0.970. The Hall–Kier alpha value is -3.45. The van der Waals surface area contributed by atoms with E-state index >= 15 is 0 Å². The monoisotopic (exact) mass is 387 g/mol. The smallest absolute Gasteiger partial charge is 0.251 e. The van der Waals surface area contributed by atoms with E-state index in [-0.39, 0.29) is 24.5 Å². The zero-order valence-corrected chi connectivity index (χ0v) is 16.0. The number of nitrogens with one attached hydrogen (secondary N) is 1. The summed E-state index contributed by atoms with van der Waals surface area (Å²) in [5, 5.41) is 5.96. The third-order valence-corrected chi connectivity index (χ3v) is 5.33. The number of hydrogen-bond acceptors (Lipinski definition) is 6. The summed E-state index contributed by atoms with van der Waals surface area (Å²) >= 11 is 0. The lowest BCUT2D eigenvalue weighted by molar-refractivity contribution is -0.135. The van der Waals surface area contributed by atoms with Crippen LogP contribution in [0.3, 0.4) is 0 Å². The highest BCUT2D eigenvalue weighted by atomic mass is 16.5. The van der Waals surface area contributed by atoms with Crippen LogP contribution in [0.4, 0.5) is 0 Å². The number of fused-ring (bicyclic) bond motifs is 1. The highest BCUT2D eigenvalue weighted by Crippen LogP contribution is 2.31. The predicted molar refractivity (Wildman–Crippen MR) is 107 cm³/mol. The van der Waals surface area contributed by atoms with Crippen LogP contribution in [0.1, 0.15) is 29.5 Å².